The Kier molecular flexibility index (Phi) is 5.49. The molecule has 0 aromatic heterocycles. The van der Waals surface area contributed by atoms with Crippen LogP contribution in [-0.2, 0) is 0 Å². The molecular formula is C13H21N3O. The van der Waals surface area contributed by atoms with E-state index >= 15 is 0 Å². The van der Waals surface area contributed by atoms with Gasteiger partial charge in [-0.1, -0.05) is 13.3 Å². The molecule has 0 heterocycles. The van der Waals surface area contributed by atoms with Crippen molar-refractivity contribution >= 4 is 11.5 Å². The zero-order valence-corrected chi connectivity index (χ0v) is 10.3. The molecule has 0 radical (unpaired) electrons. The maximum atomic E-state index is 9.04. The van der Waals surface area contributed by atoms with E-state index in [1.54, 1.807) is 0 Å². The van der Waals surface area contributed by atoms with E-state index in [-0.39, 0.29) is 12.4 Å². The molecule has 0 bridgehead atoms. The highest BCUT2D eigenvalue weighted by Gasteiger charge is 2.05. The molecule has 1 aromatic rings. The summed E-state index contributed by atoms with van der Waals surface area (Å²) in [5.41, 5.74) is 7.21. The summed E-state index contributed by atoms with van der Waals surface area (Å²) in [5, 5.41) is 16.4. The standard InChI is InChI=1S/C13H21N3O/c1-2-3-8-16(9-10-17)12-6-4-11(5-7-12)13(14)15/h4-7,17H,2-3,8-10H2,1H3,(H3,14,15). The minimum absolute atomic E-state index is 0.0822. The van der Waals surface area contributed by atoms with Crippen molar-refractivity contribution in [3.63, 3.8) is 0 Å². The van der Waals surface area contributed by atoms with Gasteiger partial charge < -0.3 is 15.7 Å². The molecule has 4 nitrogen and oxygen atoms in total. The van der Waals surface area contributed by atoms with Crippen LogP contribution >= 0.6 is 0 Å². The van der Waals surface area contributed by atoms with E-state index in [2.05, 4.69) is 11.8 Å². The van der Waals surface area contributed by atoms with Crippen LogP contribution in [0.3, 0.4) is 0 Å². The summed E-state index contributed by atoms with van der Waals surface area (Å²) in [6.07, 6.45) is 2.24. The number of hydrogen-bond donors (Lipinski definition) is 3. The van der Waals surface area contributed by atoms with E-state index in [1.165, 1.54) is 0 Å². The van der Waals surface area contributed by atoms with Crippen molar-refractivity contribution in [2.24, 2.45) is 5.73 Å². The predicted molar refractivity (Wildman–Crippen MR) is 71.7 cm³/mol. The first-order valence-corrected chi connectivity index (χ1v) is 5.99. The molecule has 0 aliphatic carbocycles. The second-order valence-electron chi connectivity index (χ2n) is 4.02. The third-order valence-corrected chi connectivity index (χ3v) is 2.69. The fourth-order valence-electron chi connectivity index (χ4n) is 1.69. The number of unbranched alkanes of at least 4 members (excludes halogenated alkanes) is 1. The SMILES string of the molecule is CCCCN(CCO)c1ccc(C(=N)N)cc1. The molecular weight excluding hydrogens is 214 g/mol. The number of anilines is 1. The molecule has 0 aliphatic heterocycles. The number of hydrogen-bond acceptors (Lipinski definition) is 3. The van der Waals surface area contributed by atoms with Crippen LogP contribution in [0.2, 0.25) is 0 Å². The number of nitrogens with zero attached hydrogens (tertiary/aromatic N) is 1. The van der Waals surface area contributed by atoms with Crippen LogP contribution in [0.5, 0.6) is 0 Å². The first-order chi connectivity index (χ1) is 8.19. The van der Waals surface area contributed by atoms with Gasteiger partial charge in [0.05, 0.1) is 6.61 Å². The number of nitrogen functional groups attached to an aromatic ring is 1. The van der Waals surface area contributed by atoms with Gasteiger partial charge in [-0.15, -0.1) is 0 Å². The Balaban J connectivity index is 2.75. The van der Waals surface area contributed by atoms with Crippen molar-refractivity contribution in [3.05, 3.63) is 29.8 Å². The van der Waals surface area contributed by atoms with E-state index in [0.717, 1.165) is 30.6 Å². The van der Waals surface area contributed by atoms with Gasteiger partial charge >= 0.3 is 0 Å². The second kappa shape index (κ2) is 6.91. The third-order valence-electron chi connectivity index (χ3n) is 2.69. The van der Waals surface area contributed by atoms with Gasteiger partial charge in [-0.3, -0.25) is 5.41 Å². The monoisotopic (exact) mass is 235 g/mol. The molecule has 0 amide bonds. The molecule has 0 aliphatic rings. The molecule has 1 rings (SSSR count). The van der Waals surface area contributed by atoms with Gasteiger partial charge in [0.1, 0.15) is 5.84 Å². The summed E-state index contributed by atoms with van der Waals surface area (Å²) in [5.74, 6) is 0.0822. The topological polar surface area (TPSA) is 73.3 Å². The summed E-state index contributed by atoms with van der Waals surface area (Å²) in [6.45, 7) is 3.88. The van der Waals surface area contributed by atoms with Crippen LogP contribution in [0.25, 0.3) is 0 Å². The number of nitrogens with one attached hydrogen (secondary N) is 1. The number of amidine groups is 1. The molecule has 94 valence electrons. The molecule has 0 spiro atoms. The molecule has 1 aromatic carbocycles. The highest BCUT2D eigenvalue weighted by Crippen LogP contribution is 2.15. The van der Waals surface area contributed by atoms with Gasteiger partial charge in [-0.2, -0.15) is 0 Å². The Morgan fingerprint density at radius 3 is 2.41 bits per heavy atom. The number of rotatable bonds is 7. The first kappa shape index (κ1) is 13.5. The molecule has 4 N–H and O–H groups in total. The Hall–Kier alpha value is -1.55. The van der Waals surface area contributed by atoms with Crippen LogP contribution in [0.15, 0.2) is 24.3 Å². The van der Waals surface area contributed by atoms with Crippen LogP contribution in [-0.4, -0.2) is 30.6 Å². The van der Waals surface area contributed by atoms with Crippen LogP contribution in [0, 0.1) is 5.41 Å². The highest BCUT2D eigenvalue weighted by molar-refractivity contribution is 5.95. The molecule has 0 fully saturated rings. The Morgan fingerprint density at radius 1 is 1.29 bits per heavy atom. The Labute approximate surface area is 103 Å². The van der Waals surface area contributed by atoms with Crippen molar-refractivity contribution in [3.8, 4) is 0 Å². The van der Waals surface area contributed by atoms with Crippen LogP contribution in [0.1, 0.15) is 25.3 Å². The van der Waals surface area contributed by atoms with Gasteiger partial charge in [-0.25, -0.2) is 0 Å². The Morgan fingerprint density at radius 2 is 1.94 bits per heavy atom. The van der Waals surface area contributed by atoms with Crippen molar-refractivity contribution in [2.75, 3.05) is 24.6 Å². The number of aliphatic hydroxyl groups excluding tert-OH is 1. The summed E-state index contributed by atoms with van der Waals surface area (Å²) < 4.78 is 0. The summed E-state index contributed by atoms with van der Waals surface area (Å²) in [7, 11) is 0. The normalized spacial score (nSPS) is 10.2. The second-order valence-corrected chi connectivity index (χ2v) is 4.02. The molecule has 0 unspecified atom stereocenters. The number of benzene rings is 1. The molecule has 4 heteroatoms. The van der Waals surface area contributed by atoms with E-state index < -0.39 is 0 Å². The summed E-state index contributed by atoms with van der Waals surface area (Å²) >= 11 is 0. The highest BCUT2D eigenvalue weighted by atomic mass is 16.3. The lowest BCUT2D eigenvalue weighted by molar-refractivity contribution is 0.301. The zero-order chi connectivity index (χ0) is 12.7. The smallest absolute Gasteiger partial charge is 0.122 e. The van der Waals surface area contributed by atoms with E-state index in [1.807, 2.05) is 24.3 Å². The summed E-state index contributed by atoms with van der Waals surface area (Å²) in [4.78, 5) is 2.15. The predicted octanol–water partition coefficient (Wildman–Crippen LogP) is 1.57. The van der Waals surface area contributed by atoms with Crippen molar-refractivity contribution < 1.29 is 5.11 Å². The maximum Gasteiger partial charge on any atom is 0.122 e. The maximum absolute atomic E-state index is 9.04. The van der Waals surface area contributed by atoms with Gasteiger partial charge in [0.2, 0.25) is 0 Å². The lowest BCUT2D eigenvalue weighted by Crippen LogP contribution is -2.27. The van der Waals surface area contributed by atoms with Gasteiger partial charge in [-0.05, 0) is 30.7 Å². The number of aliphatic hydroxyl groups is 1. The van der Waals surface area contributed by atoms with Crippen LogP contribution < -0.4 is 10.6 Å². The lowest BCUT2D eigenvalue weighted by atomic mass is 10.1. The zero-order valence-electron chi connectivity index (χ0n) is 10.3. The molecule has 17 heavy (non-hydrogen) atoms. The summed E-state index contributed by atoms with van der Waals surface area (Å²) in [6, 6.07) is 7.58. The number of nitrogens with two attached hydrogens (primary N) is 1. The minimum Gasteiger partial charge on any atom is -0.395 e. The minimum atomic E-state index is 0.0822. The van der Waals surface area contributed by atoms with Crippen LogP contribution in [0.4, 0.5) is 5.69 Å². The third kappa shape index (κ3) is 4.07. The van der Waals surface area contributed by atoms with Gasteiger partial charge in [0, 0.05) is 24.3 Å². The molecule has 0 atom stereocenters. The average Bonchev–Trinajstić information content (AvgIpc) is 2.34. The fourth-order valence-corrected chi connectivity index (χ4v) is 1.69. The van der Waals surface area contributed by atoms with E-state index in [4.69, 9.17) is 16.2 Å². The van der Waals surface area contributed by atoms with Crippen molar-refractivity contribution in [2.45, 2.75) is 19.8 Å². The van der Waals surface area contributed by atoms with Gasteiger partial charge in [0.25, 0.3) is 0 Å². The van der Waals surface area contributed by atoms with Crippen molar-refractivity contribution in [1.82, 2.24) is 0 Å². The lowest BCUT2D eigenvalue weighted by Gasteiger charge is -2.24. The quantitative estimate of drug-likeness (QED) is 0.496. The van der Waals surface area contributed by atoms with Crippen molar-refractivity contribution in [1.29, 1.82) is 5.41 Å². The Bertz CT molecular complexity index is 348. The fraction of sp³-hybridized carbons (Fsp3) is 0.462. The van der Waals surface area contributed by atoms with Gasteiger partial charge in [0.15, 0.2) is 0 Å². The first-order valence-electron chi connectivity index (χ1n) is 5.99. The van der Waals surface area contributed by atoms with E-state index in [9.17, 15) is 0 Å². The van der Waals surface area contributed by atoms with E-state index in [0.29, 0.717) is 6.54 Å². The molecule has 0 saturated heterocycles. The molecule has 0 saturated carbocycles. The average molecular weight is 235 g/mol. The largest absolute Gasteiger partial charge is 0.395 e.